The van der Waals surface area contributed by atoms with Crippen LogP contribution in [0.4, 0.5) is 0 Å². The average Bonchev–Trinajstić information content (AvgIpc) is 2.39. The summed E-state index contributed by atoms with van der Waals surface area (Å²) in [7, 11) is 1.86. The van der Waals surface area contributed by atoms with Gasteiger partial charge < -0.3 is 14.4 Å². The van der Waals surface area contributed by atoms with E-state index >= 15 is 0 Å². The van der Waals surface area contributed by atoms with Crippen molar-refractivity contribution in [3.8, 4) is 0 Å². The average molecular weight is 272 g/mol. The van der Waals surface area contributed by atoms with E-state index in [1.807, 2.05) is 16.8 Å². The molecule has 0 aliphatic carbocycles. The summed E-state index contributed by atoms with van der Waals surface area (Å²) in [5, 5.41) is 0. The molecule has 1 fully saturated rings. The van der Waals surface area contributed by atoms with Gasteiger partial charge >= 0.3 is 5.97 Å². The van der Waals surface area contributed by atoms with E-state index in [0.717, 1.165) is 13.0 Å². The molecular weight excluding hydrogens is 248 g/mol. The van der Waals surface area contributed by atoms with E-state index in [9.17, 15) is 9.59 Å². The van der Waals surface area contributed by atoms with Gasteiger partial charge in [0.1, 0.15) is 0 Å². The van der Waals surface area contributed by atoms with Gasteiger partial charge in [-0.1, -0.05) is 0 Å². The smallest absolute Gasteiger partial charge is 0.320 e. The van der Waals surface area contributed by atoms with Gasteiger partial charge in [0.25, 0.3) is 0 Å². The van der Waals surface area contributed by atoms with E-state index < -0.39 is 0 Å². The lowest BCUT2D eigenvalue weighted by molar-refractivity contribution is -0.144. The van der Waals surface area contributed by atoms with Crippen LogP contribution in [0.25, 0.3) is 0 Å². The maximum absolute atomic E-state index is 11.9. The van der Waals surface area contributed by atoms with Crippen LogP contribution in [0.5, 0.6) is 0 Å². The molecule has 0 bridgehead atoms. The number of esters is 1. The van der Waals surface area contributed by atoms with E-state index in [1.165, 1.54) is 0 Å². The Labute approximate surface area is 114 Å². The van der Waals surface area contributed by atoms with E-state index in [4.69, 9.17) is 9.47 Å². The van der Waals surface area contributed by atoms with Crippen molar-refractivity contribution >= 4 is 11.9 Å². The molecule has 1 rings (SSSR count). The Morgan fingerprint density at radius 2 is 2.00 bits per heavy atom. The minimum Gasteiger partial charge on any atom is -0.465 e. The zero-order chi connectivity index (χ0) is 14.1. The summed E-state index contributed by atoms with van der Waals surface area (Å²) in [6.07, 6.45) is 1.28. The van der Waals surface area contributed by atoms with Crippen molar-refractivity contribution in [2.45, 2.75) is 19.8 Å². The van der Waals surface area contributed by atoms with Crippen LogP contribution in [-0.2, 0) is 19.1 Å². The molecule has 6 heteroatoms. The molecule has 0 aromatic rings. The molecule has 1 heterocycles. The topological polar surface area (TPSA) is 59.1 Å². The van der Waals surface area contributed by atoms with Crippen LogP contribution in [0.3, 0.4) is 0 Å². The van der Waals surface area contributed by atoms with E-state index in [1.54, 1.807) is 6.92 Å². The van der Waals surface area contributed by atoms with Gasteiger partial charge in [-0.25, -0.2) is 0 Å². The Kier molecular flexibility index (Phi) is 7.43. The van der Waals surface area contributed by atoms with E-state index in [-0.39, 0.29) is 18.4 Å². The van der Waals surface area contributed by atoms with Crippen molar-refractivity contribution in [3.05, 3.63) is 0 Å². The van der Waals surface area contributed by atoms with Gasteiger partial charge in [0.05, 0.1) is 26.4 Å². The standard InChI is InChI=1S/C13H24N2O4/c1-3-19-13(17)11-14(2)6-4-5-12(16)15-7-9-18-10-8-15/h3-11H2,1-2H3. The Morgan fingerprint density at radius 3 is 2.63 bits per heavy atom. The lowest BCUT2D eigenvalue weighted by Gasteiger charge is -2.27. The van der Waals surface area contributed by atoms with Gasteiger partial charge in [-0.3, -0.25) is 14.5 Å². The first-order valence-corrected chi connectivity index (χ1v) is 6.83. The highest BCUT2D eigenvalue weighted by atomic mass is 16.5. The molecule has 0 radical (unpaired) electrons. The third kappa shape index (κ3) is 6.54. The minimum atomic E-state index is -0.218. The van der Waals surface area contributed by atoms with Gasteiger partial charge in [0, 0.05) is 19.5 Å². The zero-order valence-electron chi connectivity index (χ0n) is 11.9. The summed E-state index contributed by atoms with van der Waals surface area (Å²) >= 11 is 0. The van der Waals surface area contributed by atoms with Gasteiger partial charge in [-0.05, 0) is 26.9 Å². The maximum Gasteiger partial charge on any atom is 0.320 e. The number of amides is 1. The molecule has 1 amide bonds. The predicted molar refractivity (Wildman–Crippen MR) is 70.8 cm³/mol. The number of hydrogen-bond acceptors (Lipinski definition) is 5. The Balaban J connectivity index is 2.11. The third-order valence-corrected chi connectivity index (χ3v) is 3.00. The van der Waals surface area contributed by atoms with Gasteiger partial charge in [-0.15, -0.1) is 0 Å². The quantitative estimate of drug-likeness (QED) is 0.616. The van der Waals surface area contributed by atoms with Crippen LogP contribution in [0, 0.1) is 0 Å². The van der Waals surface area contributed by atoms with Crippen molar-refractivity contribution in [1.82, 2.24) is 9.80 Å². The van der Waals surface area contributed by atoms with Crippen molar-refractivity contribution in [2.24, 2.45) is 0 Å². The molecule has 0 spiro atoms. The molecule has 19 heavy (non-hydrogen) atoms. The number of carbonyl (C=O) groups excluding carboxylic acids is 2. The van der Waals surface area contributed by atoms with Gasteiger partial charge in [-0.2, -0.15) is 0 Å². The molecule has 0 aromatic heterocycles. The molecule has 0 unspecified atom stereocenters. The van der Waals surface area contributed by atoms with Crippen molar-refractivity contribution in [1.29, 1.82) is 0 Å². The molecular formula is C13H24N2O4. The number of hydrogen-bond donors (Lipinski definition) is 0. The fourth-order valence-corrected chi connectivity index (χ4v) is 1.98. The molecule has 1 saturated heterocycles. The zero-order valence-corrected chi connectivity index (χ0v) is 11.9. The number of nitrogens with zero attached hydrogens (tertiary/aromatic N) is 2. The van der Waals surface area contributed by atoms with Crippen LogP contribution in [0.1, 0.15) is 19.8 Å². The SMILES string of the molecule is CCOC(=O)CN(C)CCCC(=O)N1CCOCC1. The van der Waals surface area contributed by atoms with Crippen molar-refractivity contribution in [3.63, 3.8) is 0 Å². The number of morpholine rings is 1. The van der Waals surface area contributed by atoms with Crippen LogP contribution in [-0.4, -0.2) is 74.7 Å². The fourth-order valence-electron chi connectivity index (χ4n) is 1.98. The molecule has 1 aliphatic heterocycles. The molecule has 0 saturated carbocycles. The Bertz CT molecular complexity index is 290. The number of ether oxygens (including phenoxy) is 2. The Morgan fingerprint density at radius 1 is 1.32 bits per heavy atom. The monoisotopic (exact) mass is 272 g/mol. The first-order valence-electron chi connectivity index (χ1n) is 6.83. The van der Waals surface area contributed by atoms with Gasteiger partial charge in [0.2, 0.25) is 5.91 Å². The van der Waals surface area contributed by atoms with Crippen LogP contribution >= 0.6 is 0 Å². The second kappa shape index (κ2) is 8.87. The van der Waals surface area contributed by atoms with E-state index in [0.29, 0.717) is 39.3 Å². The largest absolute Gasteiger partial charge is 0.465 e. The Hall–Kier alpha value is -1.14. The lowest BCUT2D eigenvalue weighted by Crippen LogP contribution is -2.40. The molecule has 6 nitrogen and oxygen atoms in total. The van der Waals surface area contributed by atoms with Crippen LogP contribution in [0.15, 0.2) is 0 Å². The molecule has 0 aromatic carbocycles. The number of carbonyl (C=O) groups is 2. The van der Waals surface area contributed by atoms with Crippen molar-refractivity contribution in [2.75, 3.05) is 53.0 Å². The predicted octanol–water partition coefficient (Wildman–Crippen LogP) is 0.120. The molecule has 110 valence electrons. The van der Waals surface area contributed by atoms with Crippen LogP contribution < -0.4 is 0 Å². The maximum atomic E-state index is 11.9. The van der Waals surface area contributed by atoms with Crippen LogP contribution in [0.2, 0.25) is 0 Å². The van der Waals surface area contributed by atoms with Crippen molar-refractivity contribution < 1.29 is 19.1 Å². The normalized spacial score (nSPS) is 15.6. The highest BCUT2D eigenvalue weighted by molar-refractivity contribution is 5.76. The highest BCUT2D eigenvalue weighted by Gasteiger charge is 2.16. The van der Waals surface area contributed by atoms with Gasteiger partial charge in [0.15, 0.2) is 0 Å². The third-order valence-electron chi connectivity index (χ3n) is 3.00. The molecule has 0 N–H and O–H groups in total. The number of likely N-dealkylation sites (N-methyl/N-ethyl adjacent to an activating group) is 1. The summed E-state index contributed by atoms with van der Waals surface area (Å²) in [4.78, 5) is 26.8. The second-order valence-electron chi connectivity index (χ2n) is 4.64. The lowest BCUT2D eigenvalue weighted by atomic mass is 10.2. The highest BCUT2D eigenvalue weighted by Crippen LogP contribution is 2.03. The first-order chi connectivity index (χ1) is 9.13. The minimum absolute atomic E-state index is 0.174. The first kappa shape index (κ1) is 15.9. The summed E-state index contributed by atoms with van der Waals surface area (Å²) in [5.41, 5.74) is 0. The summed E-state index contributed by atoms with van der Waals surface area (Å²) in [5.74, 6) is -0.0441. The summed E-state index contributed by atoms with van der Waals surface area (Å²) < 4.78 is 10.1. The fraction of sp³-hybridized carbons (Fsp3) is 0.846. The molecule has 1 aliphatic rings. The summed E-state index contributed by atoms with van der Waals surface area (Å²) in [6, 6.07) is 0. The second-order valence-corrected chi connectivity index (χ2v) is 4.64. The van der Waals surface area contributed by atoms with E-state index in [2.05, 4.69) is 0 Å². The summed E-state index contributed by atoms with van der Waals surface area (Å²) in [6.45, 7) is 5.84. The number of rotatable bonds is 7. The molecule has 0 atom stereocenters.